The van der Waals surface area contributed by atoms with E-state index in [1.54, 1.807) is 11.1 Å². The molecule has 0 radical (unpaired) electrons. The maximum atomic E-state index is 5.47. The first-order valence-corrected chi connectivity index (χ1v) is 5.45. The van der Waals surface area contributed by atoms with Crippen molar-refractivity contribution in [2.45, 2.75) is 32.1 Å². The van der Waals surface area contributed by atoms with Gasteiger partial charge in [-0.3, -0.25) is 0 Å². The Morgan fingerprint density at radius 1 is 0.846 bits per heavy atom. The summed E-state index contributed by atoms with van der Waals surface area (Å²) in [6.07, 6.45) is 6.25. The van der Waals surface area contributed by atoms with E-state index >= 15 is 0 Å². The molecular formula is C11H19NO. The Labute approximate surface area is 80.4 Å². The maximum absolute atomic E-state index is 5.47. The lowest BCUT2D eigenvalue weighted by molar-refractivity contribution is 0.146. The van der Waals surface area contributed by atoms with Crippen molar-refractivity contribution in [1.82, 2.24) is 5.32 Å². The van der Waals surface area contributed by atoms with Gasteiger partial charge < -0.3 is 10.1 Å². The van der Waals surface area contributed by atoms with Gasteiger partial charge in [-0.15, -0.1) is 0 Å². The summed E-state index contributed by atoms with van der Waals surface area (Å²) in [6, 6.07) is 0. The smallest absolute Gasteiger partial charge is 0.0503 e. The molecule has 2 nitrogen and oxygen atoms in total. The van der Waals surface area contributed by atoms with Crippen LogP contribution in [0.4, 0.5) is 0 Å². The molecule has 0 saturated carbocycles. The summed E-state index contributed by atoms with van der Waals surface area (Å²) in [6.45, 7) is 4.28. The summed E-state index contributed by atoms with van der Waals surface area (Å²) in [4.78, 5) is 0. The fourth-order valence-corrected chi connectivity index (χ4v) is 2.25. The lowest BCUT2D eigenvalue weighted by Gasteiger charge is -2.19. The zero-order valence-corrected chi connectivity index (χ0v) is 8.27. The molecular weight excluding hydrogens is 162 g/mol. The molecule has 0 unspecified atom stereocenters. The Hall–Kier alpha value is -0.340. The standard InChI is InChI=1S/C11H19NO/c1-2-10(5-9-13-8-1)11-3-6-12-7-4-11/h12H,1-9H2. The molecule has 0 atom stereocenters. The van der Waals surface area contributed by atoms with Crippen LogP contribution in [-0.4, -0.2) is 26.3 Å². The van der Waals surface area contributed by atoms with Gasteiger partial charge in [0.1, 0.15) is 0 Å². The molecule has 0 amide bonds. The Morgan fingerprint density at radius 3 is 2.46 bits per heavy atom. The zero-order chi connectivity index (χ0) is 8.93. The van der Waals surface area contributed by atoms with E-state index in [0.29, 0.717) is 0 Å². The van der Waals surface area contributed by atoms with Gasteiger partial charge in [0.2, 0.25) is 0 Å². The Kier molecular flexibility index (Phi) is 3.39. The third kappa shape index (κ3) is 2.55. The van der Waals surface area contributed by atoms with Crippen molar-refractivity contribution in [2.24, 2.45) is 0 Å². The minimum atomic E-state index is 0.951. The van der Waals surface area contributed by atoms with Crippen molar-refractivity contribution < 1.29 is 4.74 Å². The average molecular weight is 181 g/mol. The molecule has 0 aromatic heterocycles. The predicted octanol–water partition coefficient (Wildman–Crippen LogP) is 1.87. The Balaban J connectivity index is 2.00. The highest BCUT2D eigenvalue weighted by molar-refractivity contribution is 5.17. The molecule has 2 heteroatoms. The fraction of sp³-hybridized carbons (Fsp3) is 0.818. The molecule has 74 valence electrons. The Bertz CT molecular complexity index is 180. The first kappa shape index (κ1) is 9.22. The van der Waals surface area contributed by atoms with E-state index in [1.165, 1.54) is 45.2 Å². The monoisotopic (exact) mass is 181 g/mol. The van der Waals surface area contributed by atoms with Gasteiger partial charge in [0.05, 0.1) is 6.61 Å². The lowest BCUT2D eigenvalue weighted by atomic mass is 9.94. The van der Waals surface area contributed by atoms with E-state index in [0.717, 1.165) is 13.2 Å². The summed E-state index contributed by atoms with van der Waals surface area (Å²) in [5, 5.41) is 3.40. The first-order valence-electron chi connectivity index (χ1n) is 5.45. The molecule has 2 aliphatic heterocycles. The van der Waals surface area contributed by atoms with Crippen LogP contribution in [0.1, 0.15) is 32.1 Å². The van der Waals surface area contributed by atoms with Gasteiger partial charge in [-0.1, -0.05) is 11.1 Å². The molecule has 2 saturated heterocycles. The average Bonchev–Trinajstić information content (AvgIpc) is 2.47. The van der Waals surface area contributed by atoms with E-state index in [9.17, 15) is 0 Å². The molecule has 0 aliphatic carbocycles. The number of nitrogens with one attached hydrogen (secondary N) is 1. The van der Waals surface area contributed by atoms with E-state index in [4.69, 9.17) is 4.74 Å². The third-order valence-corrected chi connectivity index (χ3v) is 3.02. The zero-order valence-electron chi connectivity index (χ0n) is 8.27. The molecule has 2 heterocycles. The largest absolute Gasteiger partial charge is 0.381 e. The molecule has 0 bridgehead atoms. The molecule has 0 spiro atoms. The van der Waals surface area contributed by atoms with E-state index < -0.39 is 0 Å². The van der Waals surface area contributed by atoms with Crippen LogP contribution in [0.3, 0.4) is 0 Å². The van der Waals surface area contributed by atoms with Gasteiger partial charge in [0, 0.05) is 6.61 Å². The van der Waals surface area contributed by atoms with Crippen LogP contribution >= 0.6 is 0 Å². The summed E-state index contributed by atoms with van der Waals surface area (Å²) >= 11 is 0. The van der Waals surface area contributed by atoms with Crippen molar-refractivity contribution in [3.05, 3.63) is 11.1 Å². The second-order valence-electron chi connectivity index (χ2n) is 3.92. The molecule has 0 aromatic rings. The highest BCUT2D eigenvalue weighted by Crippen LogP contribution is 2.24. The van der Waals surface area contributed by atoms with Crippen LogP contribution < -0.4 is 5.32 Å². The highest BCUT2D eigenvalue weighted by Gasteiger charge is 2.12. The van der Waals surface area contributed by atoms with Crippen LogP contribution in [0.2, 0.25) is 0 Å². The minimum absolute atomic E-state index is 0.951. The summed E-state index contributed by atoms with van der Waals surface area (Å²) < 4.78 is 5.47. The maximum Gasteiger partial charge on any atom is 0.0503 e. The third-order valence-electron chi connectivity index (χ3n) is 3.02. The van der Waals surface area contributed by atoms with Crippen LogP contribution in [0, 0.1) is 0 Å². The van der Waals surface area contributed by atoms with Gasteiger partial charge in [0.15, 0.2) is 0 Å². The van der Waals surface area contributed by atoms with Crippen molar-refractivity contribution in [3.8, 4) is 0 Å². The van der Waals surface area contributed by atoms with Crippen LogP contribution in [0.15, 0.2) is 11.1 Å². The number of hydrogen-bond acceptors (Lipinski definition) is 2. The van der Waals surface area contributed by atoms with Crippen LogP contribution in [-0.2, 0) is 4.74 Å². The van der Waals surface area contributed by atoms with Gasteiger partial charge in [0.25, 0.3) is 0 Å². The molecule has 2 rings (SSSR count). The molecule has 2 aliphatic rings. The van der Waals surface area contributed by atoms with E-state index in [1.807, 2.05) is 0 Å². The second kappa shape index (κ2) is 4.77. The van der Waals surface area contributed by atoms with Crippen molar-refractivity contribution in [1.29, 1.82) is 0 Å². The number of ether oxygens (including phenoxy) is 1. The fourth-order valence-electron chi connectivity index (χ4n) is 2.25. The summed E-state index contributed by atoms with van der Waals surface area (Å²) in [7, 11) is 0. The van der Waals surface area contributed by atoms with E-state index in [2.05, 4.69) is 5.32 Å². The van der Waals surface area contributed by atoms with Crippen molar-refractivity contribution in [3.63, 3.8) is 0 Å². The van der Waals surface area contributed by atoms with Gasteiger partial charge in [-0.25, -0.2) is 0 Å². The van der Waals surface area contributed by atoms with E-state index in [-0.39, 0.29) is 0 Å². The van der Waals surface area contributed by atoms with Crippen molar-refractivity contribution in [2.75, 3.05) is 26.3 Å². The normalized spacial score (nSPS) is 25.8. The highest BCUT2D eigenvalue weighted by atomic mass is 16.5. The number of hydrogen-bond donors (Lipinski definition) is 1. The second-order valence-corrected chi connectivity index (χ2v) is 3.92. The molecule has 2 fully saturated rings. The summed E-state index contributed by atoms with van der Waals surface area (Å²) in [5.41, 5.74) is 3.43. The quantitative estimate of drug-likeness (QED) is 0.576. The SMILES string of the molecule is C1COCCC(=C2CCNCC2)C1. The summed E-state index contributed by atoms with van der Waals surface area (Å²) in [5.74, 6) is 0. The topological polar surface area (TPSA) is 21.3 Å². The number of piperidine rings is 1. The molecule has 13 heavy (non-hydrogen) atoms. The first-order chi connectivity index (χ1) is 6.47. The van der Waals surface area contributed by atoms with Crippen LogP contribution in [0.25, 0.3) is 0 Å². The molecule has 0 aromatic carbocycles. The van der Waals surface area contributed by atoms with Gasteiger partial charge in [-0.2, -0.15) is 0 Å². The number of rotatable bonds is 0. The van der Waals surface area contributed by atoms with Gasteiger partial charge in [-0.05, 0) is 45.2 Å². The van der Waals surface area contributed by atoms with Crippen LogP contribution in [0.5, 0.6) is 0 Å². The lowest BCUT2D eigenvalue weighted by Crippen LogP contribution is -2.24. The molecule has 1 N–H and O–H groups in total. The predicted molar refractivity (Wildman–Crippen MR) is 53.8 cm³/mol. The minimum Gasteiger partial charge on any atom is -0.381 e. The van der Waals surface area contributed by atoms with Gasteiger partial charge >= 0.3 is 0 Å². The van der Waals surface area contributed by atoms with Crippen molar-refractivity contribution >= 4 is 0 Å². The Morgan fingerprint density at radius 2 is 1.62 bits per heavy atom.